The van der Waals surface area contributed by atoms with Gasteiger partial charge in [-0.3, -0.25) is 0 Å². The van der Waals surface area contributed by atoms with Gasteiger partial charge in [0, 0.05) is 18.1 Å². The first kappa shape index (κ1) is 14.9. The number of likely N-dealkylation sites (tertiary alicyclic amines) is 1. The van der Waals surface area contributed by atoms with E-state index in [1.165, 1.54) is 38.9 Å². The number of likely N-dealkylation sites (N-methyl/N-ethyl adjacent to an activating group) is 2. The van der Waals surface area contributed by atoms with Crippen LogP contribution in [0.3, 0.4) is 0 Å². The van der Waals surface area contributed by atoms with Gasteiger partial charge < -0.3 is 15.1 Å². The second-order valence-electron chi connectivity index (χ2n) is 6.57. The standard InChI is InChI=1S/C14H31N3/c1-14(2,3)15-9-7-11-17(5)13-8-6-10-16(4)12-13/h13,15H,6-12H2,1-5H3. The fourth-order valence-electron chi connectivity index (χ4n) is 2.47. The monoisotopic (exact) mass is 241 g/mol. The lowest BCUT2D eigenvalue weighted by Gasteiger charge is -2.36. The Morgan fingerprint density at radius 2 is 2.06 bits per heavy atom. The minimum atomic E-state index is 0.254. The largest absolute Gasteiger partial charge is 0.312 e. The number of hydrogen-bond acceptors (Lipinski definition) is 3. The van der Waals surface area contributed by atoms with Gasteiger partial charge in [0.25, 0.3) is 0 Å². The van der Waals surface area contributed by atoms with E-state index in [1.807, 2.05) is 0 Å². The Hall–Kier alpha value is -0.120. The highest BCUT2D eigenvalue weighted by molar-refractivity contribution is 4.78. The molecule has 3 heteroatoms. The topological polar surface area (TPSA) is 18.5 Å². The van der Waals surface area contributed by atoms with E-state index >= 15 is 0 Å². The summed E-state index contributed by atoms with van der Waals surface area (Å²) in [5.41, 5.74) is 0.254. The number of nitrogens with one attached hydrogen (secondary N) is 1. The van der Waals surface area contributed by atoms with Crippen LogP contribution in [0.5, 0.6) is 0 Å². The van der Waals surface area contributed by atoms with Crippen LogP contribution in [-0.2, 0) is 0 Å². The molecule has 102 valence electrons. The van der Waals surface area contributed by atoms with Crippen LogP contribution in [0.25, 0.3) is 0 Å². The fraction of sp³-hybridized carbons (Fsp3) is 1.00. The van der Waals surface area contributed by atoms with Crippen molar-refractivity contribution in [2.45, 2.75) is 51.6 Å². The molecule has 1 aliphatic rings. The average Bonchev–Trinajstić information content (AvgIpc) is 2.23. The molecule has 1 fully saturated rings. The third kappa shape index (κ3) is 6.39. The molecule has 0 aromatic carbocycles. The van der Waals surface area contributed by atoms with Gasteiger partial charge in [0.15, 0.2) is 0 Å². The van der Waals surface area contributed by atoms with Gasteiger partial charge in [0.05, 0.1) is 0 Å². The zero-order valence-electron chi connectivity index (χ0n) is 12.4. The van der Waals surface area contributed by atoms with E-state index in [1.54, 1.807) is 0 Å². The molecular weight excluding hydrogens is 210 g/mol. The van der Waals surface area contributed by atoms with E-state index in [2.05, 4.69) is 50.0 Å². The SMILES string of the molecule is CN1CCCC(N(C)CCCNC(C)(C)C)C1. The normalized spacial score (nSPS) is 23.3. The van der Waals surface area contributed by atoms with Crippen LogP contribution >= 0.6 is 0 Å². The van der Waals surface area contributed by atoms with Gasteiger partial charge in [0.1, 0.15) is 0 Å². The maximum atomic E-state index is 3.55. The predicted octanol–water partition coefficient (Wildman–Crippen LogP) is 1.79. The third-order valence-corrected chi connectivity index (χ3v) is 3.57. The zero-order chi connectivity index (χ0) is 12.9. The smallest absolute Gasteiger partial charge is 0.0220 e. The number of rotatable bonds is 5. The molecule has 1 aliphatic heterocycles. The molecule has 1 atom stereocenters. The summed E-state index contributed by atoms with van der Waals surface area (Å²) in [4.78, 5) is 5.00. The molecule has 17 heavy (non-hydrogen) atoms. The van der Waals surface area contributed by atoms with Crippen LogP contribution in [0, 0.1) is 0 Å². The first-order chi connectivity index (χ1) is 7.88. The van der Waals surface area contributed by atoms with Gasteiger partial charge in [-0.25, -0.2) is 0 Å². The van der Waals surface area contributed by atoms with Gasteiger partial charge in [-0.2, -0.15) is 0 Å². The number of nitrogens with zero attached hydrogens (tertiary/aromatic N) is 2. The maximum absolute atomic E-state index is 3.55. The molecule has 0 bridgehead atoms. The summed E-state index contributed by atoms with van der Waals surface area (Å²) in [6.07, 6.45) is 3.97. The van der Waals surface area contributed by atoms with Crippen molar-refractivity contribution in [3.8, 4) is 0 Å². The summed E-state index contributed by atoms with van der Waals surface area (Å²) in [7, 11) is 4.52. The minimum Gasteiger partial charge on any atom is -0.312 e. The van der Waals surface area contributed by atoms with Gasteiger partial charge in [0.2, 0.25) is 0 Å². The molecule has 0 aromatic heterocycles. The summed E-state index contributed by atoms with van der Waals surface area (Å²) >= 11 is 0. The Morgan fingerprint density at radius 3 is 2.65 bits per heavy atom. The first-order valence-electron chi connectivity index (χ1n) is 7.02. The highest BCUT2D eigenvalue weighted by Crippen LogP contribution is 2.13. The Labute approximate surface area is 108 Å². The van der Waals surface area contributed by atoms with Crippen molar-refractivity contribution >= 4 is 0 Å². The molecule has 0 spiro atoms. The molecule has 0 saturated carbocycles. The van der Waals surface area contributed by atoms with Crippen molar-refractivity contribution in [3.05, 3.63) is 0 Å². The van der Waals surface area contributed by atoms with Crippen molar-refractivity contribution in [1.82, 2.24) is 15.1 Å². The second-order valence-corrected chi connectivity index (χ2v) is 6.57. The van der Waals surface area contributed by atoms with E-state index in [4.69, 9.17) is 0 Å². The molecule has 0 amide bonds. The van der Waals surface area contributed by atoms with E-state index in [-0.39, 0.29) is 5.54 Å². The Kier molecular flexibility index (Phi) is 5.90. The van der Waals surface area contributed by atoms with Crippen LogP contribution in [-0.4, -0.2) is 61.7 Å². The lowest BCUT2D eigenvalue weighted by molar-refractivity contribution is 0.133. The first-order valence-corrected chi connectivity index (χ1v) is 7.02. The highest BCUT2D eigenvalue weighted by atomic mass is 15.2. The minimum absolute atomic E-state index is 0.254. The van der Waals surface area contributed by atoms with Crippen molar-refractivity contribution < 1.29 is 0 Å². The van der Waals surface area contributed by atoms with Gasteiger partial charge in [-0.15, -0.1) is 0 Å². The summed E-state index contributed by atoms with van der Waals surface area (Å²) in [6.45, 7) is 11.5. The molecular formula is C14H31N3. The van der Waals surface area contributed by atoms with Gasteiger partial charge in [-0.05, 0) is 73.8 Å². The molecule has 0 aromatic rings. The second kappa shape index (κ2) is 6.72. The lowest BCUT2D eigenvalue weighted by atomic mass is 10.0. The zero-order valence-corrected chi connectivity index (χ0v) is 12.4. The van der Waals surface area contributed by atoms with Crippen molar-refractivity contribution in [2.24, 2.45) is 0 Å². The van der Waals surface area contributed by atoms with Gasteiger partial charge >= 0.3 is 0 Å². The average molecular weight is 241 g/mol. The van der Waals surface area contributed by atoms with Crippen LogP contribution in [0.2, 0.25) is 0 Å². The molecule has 0 aliphatic carbocycles. The Morgan fingerprint density at radius 1 is 1.35 bits per heavy atom. The van der Waals surface area contributed by atoms with Crippen LogP contribution < -0.4 is 5.32 Å². The van der Waals surface area contributed by atoms with Gasteiger partial charge in [-0.1, -0.05) is 0 Å². The summed E-state index contributed by atoms with van der Waals surface area (Å²) in [5, 5.41) is 3.55. The molecule has 0 radical (unpaired) electrons. The number of piperidine rings is 1. The summed E-state index contributed by atoms with van der Waals surface area (Å²) in [6, 6.07) is 0.767. The van der Waals surface area contributed by atoms with Crippen molar-refractivity contribution in [3.63, 3.8) is 0 Å². The summed E-state index contributed by atoms with van der Waals surface area (Å²) in [5.74, 6) is 0. The predicted molar refractivity (Wildman–Crippen MR) is 75.5 cm³/mol. The van der Waals surface area contributed by atoms with Crippen molar-refractivity contribution in [1.29, 1.82) is 0 Å². The van der Waals surface area contributed by atoms with E-state index < -0.39 is 0 Å². The third-order valence-electron chi connectivity index (χ3n) is 3.57. The van der Waals surface area contributed by atoms with Crippen LogP contribution in [0.15, 0.2) is 0 Å². The van der Waals surface area contributed by atoms with Crippen LogP contribution in [0.1, 0.15) is 40.0 Å². The number of hydrogen-bond donors (Lipinski definition) is 1. The fourth-order valence-corrected chi connectivity index (χ4v) is 2.47. The highest BCUT2D eigenvalue weighted by Gasteiger charge is 2.20. The van der Waals surface area contributed by atoms with E-state index in [0.29, 0.717) is 0 Å². The van der Waals surface area contributed by atoms with Crippen LogP contribution in [0.4, 0.5) is 0 Å². The Bertz CT molecular complexity index is 210. The summed E-state index contributed by atoms with van der Waals surface area (Å²) < 4.78 is 0. The van der Waals surface area contributed by atoms with E-state index in [0.717, 1.165) is 12.6 Å². The lowest BCUT2D eigenvalue weighted by Crippen LogP contribution is -2.46. The molecule has 1 saturated heterocycles. The molecule has 1 N–H and O–H groups in total. The molecule has 3 nitrogen and oxygen atoms in total. The quantitative estimate of drug-likeness (QED) is 0.740. The Balaban J connectivity index is 2.14. The molecule has 1 heterocycles. The molecule has 1 rings (SSSR count). The molecule has 1 unspecified atom stereocenters. The maximum Gasteiger partial charge on any atom is 0.0220 e. The van der Waals surface area contributed by atoms with E-state index in [9.17, 15) is 0 Å². The van der Waals surface area contributed by atoms with Crippen molar-refractivity contribution in [2.75, 3.05) is 40.3 Å².